The monoisotopic (exact) mass is 347 g/mol. The summed E-state index contributed by atoms with van der Waals surface area (Å²) in [4.78, 5) is 28.3. The second-order valence-electron chi connectivity index (χ2n) is 5.83. The molecule has 3 N–H and O–H groups in total. The fourth-order valence-corrected chi connectivity index (χ4v) is 2.80. The van der Waals surface area contributed by atoms with E-state index < -0.39 is 5.41 Å². The molecule has 0 aliphatic carbocycles. The van der Waals surface area contributed by atoms with Crippen LogP contribution in [0, 0.1) is 0 Å². The van der Waals surface area contributed by atoms with E-state index in [4.69, 9.17) is 10.5 Å². The van der Waals surface area contributed by atoms with E-state index in [2.05, 4.69) is 10.3 Å². The SMILES string of the molecule is CCOC(=O)Cc1csc(NC(=O)C(C)(C)c2ccc(N)cc2)n1. The molecular formula is C17H21N3O3S. The molecule has 0 spiro atoms. The van der Waals surface area contributed by atoms with Crippen LogP contribution >= 0.6 is 11.3 Å². The predicted molar refractivity (Wildman–Crippen MR) is 95.0 cm³/mol. The van der Waals surface area contributed by atoms with Crippen molar-refractivity contribution < 1.29 is 14.3 Å². The number of hydrogen-bond donors (Lipinski definition) is 2. The number of nitrogens with one attached hydrogen (secondary N) is 1. The number of nitrogens with two attached hydrogens (primary N) is 1. The van der Waals surface area contributed by atoms with Gasteiger partial charge in [-0.05, 0) is 38.5 Å². The number of nitrogen functional groups attached to an aromatic ring is 1. The molecule has 2 rings (SSSR count). The molecular weight excluding hydrogens is 326 g/mol. The van der Waals surface area contributed by atoms with E-state index in [9.17, 15) is 9.59 Å². The number of carbonyl (C=O) groups is 2. The predicted octanol–water partition coefficient (Wildman–Crippen LogP) is 2.75. The van der Waals surface area contributed by atoms with E-state index >= 15 is 0 Å². The molecule has 1 aromatic carbocycles. The third-order valence-electron chi connectivity index (χ3n) is 3.60. The van der Waals surface area contributed by atoms with Crippen LogP contribution in [-0.2, 0) is 26.2 Å². The molecule has 1 aromatic heterocycles. The molecule has 0 fully saturated rings. The van der Waals surface area contributed by atoms with Crippen LogP contribution in [0.4, 0.5) is 10.8 Å². The maximum absolute atomic E-state index is 12.6. The lowest BCUT2D eigenvalue weighted by atomic mass is 9.83. The van der Waals surface area contributed by atoms with Crippen LogP contribution in [-0.4, -0.2) is 23.5 Å². The van der Waals surface area contributed by atoms with Gasteiger partial charge in [0.25, 0.3) is 0 Å². The third kappa shape index (κ3) is 4.32. The van der Waals surface area contributed by atoms with Gasteiger partial charge in [-0.3, -0.25) is 9.59 Å². The number of rotatable bonds is 6. The summed E-state index contributed by atoms with van der Waals surface area (Å²) in [5.74, 6) is -0.507. The van der Waals surface area contributed by atoms with Gasteiger partial charge in [0.1, 0.15) is 0 Å². The molecule has 128 valence electrons. The number of nitrogens with zero attached hydrogens (tertiary/aromatic N) is 1. The lowest BCUT2D eigenvalue weighted by molar-refractivity contribution is -0.142. The minimum atomic E-state index is -0.735. The minimum Gasteiger partial charge on any atom is -0.466 e. The topological polar surface area (TPSA) is 94.3 Å². The Hall–Kier alpha value is -2.41. The van der Waals surface area contributed by atoms with E-state index in [0.717, 1.165) is 5.56 Å². The normalized spacial score (nSPS) is 11.1. The Labute approximate surface area is 145 Å². The summed E-state index contributed by atoms with van der Waals surface area (Å²) in [7, 11) is 0. The Morgan fingerprint density at radius 2 is 1.96 bits per heavy atom. The van der Waals surface area contributed by atoms with Gasteiger partial charge < -0.3 is 15.8 Å². The average Bonchev–Trinajstić information content (AvgIpc) is 2.94. The second-order valence-corrected chi connectivity index (χ2v) is 6.69. The van der Waals surface area contributed by atoms with Gasteiger partial charge in [0.2, 0.25) is 5.91 Å². The van der Waals surface area contributed by atoms with E-state index in [1.54, 1.807) is 24.4 Å². The number of ether oxygens (including phenoxy) is 1. The molecule has 0 aliphatic heterocycles. The van der Waals surface area contributed by atoms with Crippen LogP contribution in [0.3, 0.4) is 0 Å². The smallest absolute Gasteiger partial charge is 0.311 e. The zero-order valence-electron chi connectivity index (χ0n) is 14.0. The van der Waals surface area contributed by atoms with Crippen molar-refractivity contribution in [2.45, 2.75) is 32.6 Å². The molecule has 24 heavy (non-hydrogen) atoms. The highest BCUT2D eigenvalue weighted by molar-refractivity contribution is 7.13. The summed E-state index contributed by atoms with van der Waals surface area (Å²) in [6.45, 7) is 5.76. The van der Waals surface area contributed by atoms with Crippen molar-refractivity contribution in [3.63, 3.8) is 0 Å². The largest absolute Gasteiger partial charge is 0.466 e. The van der Waals surface area contributed by atoms with Crippen LogP contribution in [0.1, 0.15) is 32.0 Å². The maximum Gasteiger partial charge on any atom is 0.311 e. The van der Waals surface area contributed by atoms with Crippen molar-refractivity contribution in [1.82, 2.24) is 4.98 Å². The molecule has 0 atom stereocenters. The Morgan fingerprint density at radius 3 is 2.58 bits per heavy atom. The number of amides is 1. The van der Waals surface area contributed by atoms with Gasteiger partial charge in [-0.2, -0.15) is 0 Å². The first kappa shape index (κ1) is 17.9. The van der Waals surface area contributed by atoms with E-state index in [1.165, 1.54) is 11.3 Å². The van der Waals surface area contributed by atoms with E-state index in [-0.39, 0.29) is 18.3 Å². The minimum absolute atomic E-state index is 0.0988. The number of esters is 1. The summed E-state index contributed by atoms with van der Waals surface area (Å²) < 4.78 is 4.89. The molecule has 0 unspecified atom stereocenters. The fourth-order valence-electron chi connectivity index (χ4n) is 2.09. The summed E-state index contributed by atoms with van der Waals surface area (Å²) in [6, 6.07) is 7.21. The first-order valence-electron chi connectivity index (χ1n) is 7.60. The van der Waals surface area contributed by atoms with Gasteiger partial charge in [0, 0.05) is 11.1 Å². The number of benzene rings is 1. The molecule has 7 heteroatoms. The average molecular weight is 347 g/mol. The lowest BCUT2D eigenvalue weighted by Gasteiger charge is -2.23. The zero-order valence-corrected chi connectivity index (χ0v) is 14.8. The van der Waals surface area contributed by atoms with Gasteiger partial charge in [0.05, 0.1) is 24.1 Å². The van der Waals surface area contributed by atoms with Crippen molar-refractivity contribution in [1.29, 1.82) is 0 Å². The molecule has 2 aromatic rings. The Balaban J connectivity index is 2.05. The second kappa shape index (κ2) is 7.44. The number of hydrogen-bond acceptors (Lipinski definition) is 6. The zero-order chi connectivity index (χ0) is 17.7. The van der Waals surface area contributed by atoms with Gasteiger partial charge in [-0.15, -0.1) is 11.3 Å². The van der Waals surface area contributed by atoms with E-state index in [0.29, 0.717) is 23.1 Å². The molecule has 0 saturated heterocycles. The Bertz CT molecular complexity index is 723. The van der Waals surface area contributed by atoms with Crippen molar-refractivity contribution in [3.8, 4) is 0 Å². The summed E-state index contributed by atoms with van der Waals surface area (Å²) >= 11 is 1.28. The lowest BCUT2D eigenvalue weighted by Crippen LogP contribution is -2.34. The highest BCUT2D eigenvalue weighted by Gasteiger charge is 2.30. The summed E-state index contributed by atoms with van der Waals surface area (Å²) in [5, 5.41) is 5.01. The summed E-state index contributed by atoms with van der Waals surface area (Å²) in [6.07, 6.45) is 0.0988. The Morgan fingerprint density at radius 1 is 1.29 bits per heavy atom. The quantitative estimate of drug-likeness (QED) is 0.619. The van der Waals surface area contributed by atoms with Crippen molar-refractivity contribution in [3.05, 3.63) is 40.9 Å². The molecule has 0 aliphatic rings. The molecule has 1 heterocycles. The number of anilines is 2. The highest BCUT2D eigenvalue weighted by Crippen LogP contribution is 2.27. The molecule has 0 saturated carbocycles. The van der Waals surface area contributed by atoms with Crippen LogP contribution < -0.4 is 11.1 Å². The third-order valence-corrected chi connectivity index (χ3v) is 4.41. The van der Waals surface area contributed by atoms with Gasteiger partial charge >= 0.3 is 5.97 Å². The standard InChI is InChI=1S/C17H21N3O3S/c1-4-23-14(21)9-13-10-24-16(19-13)20-15(22)17(2,3)11-5-7-12(18)8-6-11/h5-8,10H,4,9,18H2,1-3H3,(H,19,20,22). The van der Waals surface area contributed by atoms with Crippen LogP contribution in [0.25, 0.3) is 0 Å². The summed E-state index contributed by atoms with van der Waals surface area (Å²) in [5.41, 5.74) is 7.04. The fraction of sp³-hybridized carbons (Fsp3) is 0.353. The molecule has 0 radical (unpaired) electrons. The van der Waals surface area contributed by atoms with Crippen LogP contribution in [0.5, 0.6) is 0 Å². The van der Waals surface area contributed by atoms with Crippen molar-refractivity contribution >= 4 is 34.0 Å². The molecule has 1 amide bonds. The van der Waals surface area contributed by atoms with Gasteiger partial charge in [-0.25, -0.2) is 4.98 Å². The molecule has 6 nitrogen and oxygen atoms in total. The van der Waals surface area contributed by atoms with Crippen molar-refractivity contribution in [2.24, 2.45) is 0 Å². The maximum atomic E-state index is 12.6. The van der Waals surface area contributed by atoms with Crippen molar-refractivity contribution in [2.75, 3.05) is 17.7 Å². The van der Waals surface area contributed by atoms with Gasteiger partial charge in [-0.1, -0.05) is 12.1 Å². The Kier molecular flexibility index (Phi) is 5.56. The first-order chi connectivity index (χ1) is 11.3. The van der Waals surface area contributed by atoms with Gasteiger partial charge in [0.15, 0.2) is 5.13 Å². The molecule has 0 bridgehead atoms. The number of aromatic nitrogens is 1. The highest BCUT2D eigenvalue weighted by atomic mass is 32.1. The first-order valence-corrected chi connectivity index (χ1v) is 8.48. The number of thiazole rings is 1. The van der Waals surface area contributed by atoms with E-state index in [1.807, 2.05) is 26.0 Å². The van der Waals surface area contributed by atoms with Crippen LogP contribution in [0.15, 0.2) is 29.6 Å². The number of carbonyl (C=O) groups excluding carboxylic acids is 2. The van der Waals surface area contributed by atoms with Crippen LogP contribution in [0.2, 0.25) is 0 Å².